The standard InChI is InChI=1S/C13H16N2O3S2/c1-15(9-11-4-3-7-19-11)20(16,17)13-6-5-10(14)8-12(13)18-2/h3-8H,9,14H2,1-2H3. The van der Waals surface area contributed by atoms with Gasteiger partial charge < -0.3 is 10.5 Å². The Hall–Kier alpha value is -1.57. The zero-order chi connectivity index (χ0) is 14.8. The van der Waals surface area contributed by atoms with Crippen LogP contribution < -0.4 is 10.5 Å². The number of nitrogens with two attached hydrogens (primary N) is 1. The number of benzene rings is 1. The molecule has 20 heavy (non-hydrogen) atoms. The molecular weight excluding hydrogens is 296 g/mol. The van der Waals surface area contributed by atoms with E-state index in [1.54, 1.807) is 13.1 Å². The van der Waals surface area contributed by atoms with Crippen molar-refractivity contribution in [1.82, 2.24) is 4.31 Å². The molecule has 2 aromatic rings. The predicted octanol–water partition coefficient (Wildman–Crippen LogP) is 2.16. The third kappa shape index (κ3) is 2.95. The Morgan fingerprint density at radius 3 is 2.70 bits per heavy atom. The molecule has 0 aliphatic rings. The van der Waals surface area contributed by atoms with Crippen molar-refractivity contribution in [3.8, 4) is 5.75 Å². The van der Waals surface area contributed by atoms with Crippen LogP contribution in [-0.2, 0) is 16.6 Å². The summed E-state index contributed by atoms with van der Waals surface area (Å²) in [7, 11) is -0.645. The lowest BCUT2D eigenvalue weighted by atomic mass is 10.3. The van der Waals surface area contributed by atoms with Crippen molar-refractivity contribution in [1.29, 1.82) is 0 Å². The molecule has 0 spiro atoms. The highest BCUT2D eigenvalue weighted by Crippen LogP contribution is 2.29. The van der Waals surface area contributed by atoms with E-state index in [0.717, 1.165) is 4.88 Å². The van der Waals surface area contributed by atoms with Gasteiger partial charge >= 0.3 is 0 Å². The minimum absolute atomic E-state index is 0.119. The van der Waals surface area contributed by atoms with Gasteiger partial charge in [0.2, 0.25) is 10.0 Å². The second-order valence-electron chi connectivity index (χ2n) is 4.25. The molecule has 1 aromatic heterocycles. The van der Waals surface area contributed by atoms with Crippen LogP contribution in [-0.4, -0.2) is 26.9 Å². The smallest absolute Gasteiger partial charge is 0.246 e. The summed E-state index contributed by atoms with van der Waals surface area (Å²) in [6, 6.07) is 8.32. The van der Waals surface area contributed by atoms with Crippen LogP contribution in [0.4, 0.5) is 5.69 Å². The molecule has 0 amide bonds. The fourth-order valence-corrected chi connectivity index (χ4v) is 3.89. The highest BCUT2D eigenvalue weighted by molar-refractivity contribution is 7.89. The maximum absolute atomic E-state index is 12.6. The van der Waals surface area contributed by atoms with E-state index >= 15 is 0 Å². The monoisotopic (exact) mass is 312 g/mol. The molecule has 0 aliphatic heterocycles. The molecule has 7 heteroatoms. The molecular formula is C13H16N2O3S2. The predicted molar refractivity (Wildman–Crippen MR) is 80.4 cm³/mol. The number of ether oxygens (including phenoxy) is 1. The summed E-state index contributed by atoms with van der Waals surface area (Å²) in [5, 5.41) is 1.92. The van der Waals surface area contributed by atoms with Crippen LogP contribution >= 0.6 is 11.3 Å². The lowest BCUT2D eigenvalue weighted by Gasteiger charge is -2.18. The summed E-state index contributed by atoms with van der Waals surface area (Å²) < 4.78 is 31.5. The van der Waals surface area contributed by atoms with Crippen LogP contribution in [0.25, 0.3) is 0 Å². The number of anilines is 1. The van der Waals surface area contributed by atoms with E-state index in [1.807, 2.05) is 17.5 Å². The molecule has 0 unspecified atom stereocenters. The van der Waals surface area contributed by atoms with Crippen molar-refractivity contribution >= 4 is 27.0 Å². The minimum Gasteiger partial charge on any atom is -0.495 e. The average Bonchev–Trinajstić information content (AvgIpc) is 2.91. The fraction of sp³-hybridized carbons (Fsp3) is 0.231. The normalized spacial score (nSPS) is 11.8. The summed E-state index contributed by atoms with van der Waals surface area (Å²) in [6.07, 6.45) is 0. The molecule has 2 N–H and O–H groups in total. The lowest BCUT2D eigenvalue weighted by molar-refractivity contribution is 0.398. The van der Waals surface area contributed by atoms with Crippen LogP contribution in [0.1, 0.15) is 4.88 Å². The van der Waals surface area contributed by atoms with E-state index in [1.165, 1.54) is 34.9 Å². The van der Waals surface area contributed by atoms with Crippen LogP contribution in [0, 0.1) is 0 Å². The Labute approximate surface area is 122 Å². The number of rotatable bonds is 5. The van der Waals surface area contributed by atoms with Crippen molar-refractivity contribution < 1.29 is 13.2 Å². The molecule has 2 rings (SSSR count). The summed E-state index contributed by atoms with van der Waals surface area (Å²) in [5.41, 5.74) is 6.11. The van der Waals surface area contributed by atoms with Gasteiger partial charge in [0.25, 0.3) is 0 Å². The third-order valence-electron chi connectivity index (χ3n) is 2.83. The number of thiophene rings is 1. The molecule has 0 saturated heterocycles. The highest BCUT2D eigenvalue weighted by atomic mass is 32.2. The molecule has 0 radical (unpaired) electrons. The topological polar surface area (TPSA) is 72.6 Å². The maximum atomic E-state index is 12.6. The van der Waals surface area contributed by atoms with E-state index in [0.29, 0.717) is 12.2 Å². The zero-order valence-electron chi connectivity index (χ0n) is 11.2. The van der Waals surface area contributed by atoms with Crippen molar-refractivity contribution in [2.75, 3.05) is 19.9 Å². The first kappa shape index (κ1) is 14.8. The van der Waals surface area contributed by atoms with Crippen molar-refractivity contribution in [2.24, 2.45) is 0 Å². The second-order valence-corrected chi connectivity index (χ2v) is 7.30. The van der Waals surface area contributed by atoms with Crippen LogP contribution in [0.2, 0.25) is 0 Å². The highest BCUT2D eigenvalue weighted by Gasteiger charge is 2.25. The van der Waals surface area contributed by atoms with Gasteiger partial charge in [0.15, 0.2) is 0 Å². The van der Waals surface area contributed by atoms with Gasteiger partial charge in [-0.2, -0.15) is 4.31 Å². The fourth-order valence-electron chi connectivity index (χ4n) is 1.77. The molecule has 0 aliphatic carbocycles. The van der Waals surface area contributed by atoms with E-state index in [9.17, 15) is 8.42 Å². The van der Waals surface area contributed by atoms with Crippen molar-refractivity contribution in [3.63, 3.8) is 0 Å². The third-order valence-corrected chi connectivity index (χ3v) is 5.54. The van der Waals surface area contributed by atoms with Gasteiger partial charge in [-0.05, 0) is 23.6 Å². The number of nitrogens with zero attached hydrogens (tertiary/aromatic N) is 1. The molecule has 0 bridgehead atoms. The zero-order valence-corrected chi connectivity index (χ0v) is 12.9. The van der Waals surface area contributed by atoms with Gasteiger partial charge in [0.05, 0.1) is 7.11 Å². The van der Waals surface area contributed by atoms with E-state index in [-0.39, 0.29) is 10.6 Å². The van der Waals surface area contributed by atoms with Crippen LogP contribution in [0.5, 0.6) is 5.75 Å². The van der Waals surface area contributed by atoms with Gasteiger partial charge in [0, 0.05) is 30.2 Å². The Balaban J connectivity index is 2.34. The van der Waals surface area contributed by atoms with Crippen LogP contribution in [0.15, 0.2) is 40.6 Å². The summed E-state index contributed by atoms with van der Waals surface area (Å²) >= 11 is 1.52. The molecule has 0 fully saturated rings. The molecule has 0 saturated carbocycles. The molecule has 108 valence electrons. The summed E-state index contributed by atoms with van der Waals surface area (Å²) in [6.45, 7) is 0.327. The minimum atomic E-state index is -3.62. The van der Waals surface area contributed by atoms with Gasteiger partial charge in [0.1, 0.15) is 10.6 Å². The van der Waals surface area contributed by atoms with Gasteiger partial charge in [-0.15, -0.1) is 11.3 Å². The maximum Gasteiger partial charge on any atom is 0.246 e. The van der Waals surface area contributed by atoms with E-state index in [4.69, 9.17) is 10.5 Å². The number of sulfonamides is 1. The molecule has 1 heterocycles. The number of methoxy groups -OCH3 is 1. The molecule has 1 aromatic carbocycles. The van der Waals surface area contributed by atoms with Crippen LogP contribution in [0.3, 0.4) is 0 Å². The van der Waals surface area contributed by atoms with Gasteiger partial charge in [-0.25, -0.2) is 8.42 Å². The van der Waals surface area contributed by atoms with Crippen molar-refractivity contribution in [3.05, 3.63) is 40.6 Å². The van der Waals surface area contributed by atoms with Gasteiger partial charge in [-0.1, -0.05) is 6.07 Å². The molecule has 0 atom stereocenters. The summed E-state index contributed by atoms with van der Waals surface area (Å²) in [4.78, 5) is 1.10. The van der Waals surface area contributed by atoms with Gasteiger partial charge in [-0.3, -0.25) is 0 Å². The van der Waals surface area contributed by atoms with E-state index < -0.39 is 10.0 Å². The first-order valence-corrected chi connectivity index (χ1v) is 8.19. The molecule has 5 nitrogen and oxygen atoms in total. The Bertz CT molecular complexity index is 682. The second kappa shape index (κ2) is 5.82. The Morgan fingerprint density at radius 2 is 2.10 bits per heavy atom. The SMILES string of the molecule is COc1cc(N)ccc1S(=O)(=O)N(C)Cc1cccs1. The Kier molecular flexibility index (Phi) is 4.32. The first-order chi connectivity index (χ1) is 9.45. The average molecular weight is 312 g/mol. The largest absolute Gasteiger partial charge is 0.495 e. The summed E-state index contributed by atoms with van der Waals surface area (Å²) in [5.74, 6) is 0.253. The lowest BCUT2D eigenvalue weighted by Crippen LogP contribution is -2.26. The number of hydrogen-bond donors (Lipinski definition) is 1. The quantitative estimate of drug-likeness (QED) is 0.859. The number of nitrogen functional groups attached to an aromatic ring is 1. The van der Waals surface area contributed by atoms with E-state index in [2.05, 4.69) is 0 Å². The number of hydrogen-bond acceptors (Lipinski definition) is 5. The van der Waals surface area contributed by atoms with Crippen molar-refractivity contribution in [2.45, 2.75) is 11.4 Å². The Morgan fingerprint density at radius 1 is 1.35 bits per heavy atom. The first-order valence-electron chi connectivity index (χ1n) is 5.87.